The zero-order valence-electron chi connectivity index (χ0n) is 10.5. The van der Waals surface area contributed by atoms with E-state index in [0.717, 1.165) is 0 Å². The van der Waals surface area contributed by atoms with Crippen molar-refractivity contribution in [3.8, 4) is 0 Å². The highest BCUT2D eigenvalue weighted by Gasteiger charge is 2.72. The Morgan fingerprint density at radius 1 is 1.11 bits per heavy atom. The third-order valence-corrected chi connectivity index (χ3v) is 7.80. The summed E-state index contributed by atoms with van der Waals surface area (Å²) in [6.07, 6.45) is -5.46. The summed E-state index contributed by atoms with van der Waals surface area (Å²) in [5, 5.41) is -4.38. The van der Waals surface area contributed by atoms with Crippen LogP contribution in [0.4, 0.5) is 22.0 Å². The van der Waals surface area contributed by atoms with Gasteiger partial charge in [0.05, 0.1) is 0 Å². The zero-order valence-corrected chi connectivity index (χ0v) is 11.5. The largest absolute Gasteiger partial charge is 0.425 e. The normalized spacial score (nSPS) is 19.0. The molecule has 1 aromatic carbocycles. The van der Waals surface area contributed by atoms with Gasteiger partial charge in [-0.05, 0) is 10.7 Å². The lowest BCUT2D eigenvalue weighted by atomic mass is 10.4. The predicted octanol–water partition coefficient (Wildman–Crippen LogP) is 3.02. The standard InChI is InChI=1S/C12H15F5OSi/c1-9(2)19(18,10-6-4-3-5-7-10)11(14,8-13)12(15,16)17/h3-7,9,18H,8H2,1-2H3. The van der Waals surface area contributed by atoms with Gasteiger partial charge in [-0.25, -0.2) is 8.78 Å². The smallest absolute Gasteiger partial charge is 0.425 e. The Labute approximate surface area is 109 Å². The molecule has 108 valence electrons. The van der Waals surface area contributed by atoms with Crippen LogP contribution in [0, 0.1) is 0 Å². The molecule has 0 saturated heterocycles. The summed E-state index contributed by atoms with van der Waals surface area (Å²) in [6, 6.07) is 6.74. The first kappa shape index (κ1) is 16.1. The van der Waals surface area contributed by atoms with Gasteiger partial charge in [-0.1, -0.05) is 44.2 Å². The molecule has 0 amide bonds. The van der Waals surface area contributed by atoms with Gasteiger partial charge >= 0.3 is 6.18 Å². The molecule has 0 heterocycles. The Morgan fingerprint density at radius 3 is 1.89 bits per heavy atom. The van der Waals surface area contributed by atoms with Crippen molar-refractivity contribution in [1.82, 2.24) is 0 Å². The first-order chi connectivity index (χ1) is 8.61. The van der Waals surface area contributed by atoms with Crippen molar-refractivity contribution in [3.63, 3.8) is 0 Å². The summed E-state index contributed by atoms with van der Waals surface area (Å²) in [5.74, 6) is 0. The third kappa shape index (κ3) is 2.41. The van der Waals surface area contributed by atoms with Crippen molar-refractivity contribution in [2.24, 2.45) is 0 Å². The van der Waals surface area contributed by atoms with Crippen molar-refractivity contribution < 1.29 is 26.7 Å². The van der Waals surface area contributed by atoms with Gasteiger partial charge in [-0.2, -0.15) is 13.2 Å². The quantitative estimate of drug-likeness (QED) is 0.669. The summed E-state index contributed by atoms with van der Waals surface area (Å²) in [6.45, 7) is 0.260. The molecule has 1 rings (SSSR count). The van der Waals surface area contributed by atoms with E-state index in [9.17, 15) is 26.7 Å². The predicted molar refractivity (Wildman–Crippen MR) is 65.0 cm³/mol. The molecule has 1 nitrogen and oxygen atoms in total. The van der Waals surface area contributed by atoms with Gasteiger partial charge in [0.15, 0.2) is 0 Å². The Hall–Kier alpha value is -0.953. The molecule has 0 aliphatic heterocycles. The molecule has 2 unspecified atom stereocenters. The Bertz CT molecular complexity index is 422. The van der Waals surface area contributed by atoms with Crippen LogP contribution in [0.2, 0.25) is 5.54 Å². The molecule has 1 N–H and O–H groups in total. The van der Waals surface area contributed by atoms with Crippen molar-refractivity contribution in [2.75, 3.05) is 6.67 Å². The van der Waals surface area contributed by atoms with E-state index in [4.69, 9.17) is 0 Å². The monoisotopic (exact) mass is 298 g/mol. The van der Waals surface area contributed by atoms with E-state index in [1.54, 1.807) is 0 Å². The maximum Gasteiger partial charge on any atom is 0.425 e. The van der Waals surface area contributed by atoms with Crippen molar-refractivity contribution >= 4 is 13.5 Å². The molecule has 1 aromatic rings. The number of rotatable bonds is 4. The lowest BCUT2D eigenvalue weighted by Crippen LogP contribution is -2.73. The molecule has 0 aromatic heterocycles. The van der Waals surface area contributed by atoms with Crippen LogP contribution >= 0.6 is 0 Å². The highest BCUT2D eigenvalue weighted by Crippen LogP contribution is 2.44. The number of hydrogen-bond acceptors (Lipinski definition) is 1. The second-order valence-electron chi connectivity index (χ2n) is 4.72. The Balaban J connectivity index is 3.51. The van der Waals surface area contributed by atoms with Gasteiger partial charge in [0.25, 0.3) is 13.6 Å². The van der Waals surface area contributed by atoms with Crippen molar-refractivity contribution in [2.45, 2.75) is 30.9 Å². The fraction of sp³-hybridized carbons (Fsp3) is 0.500. The molecule has 2 atom stereocenters. The first-order valence-corrected chi connectivity index (χ1v) is 7.73. The summed E-state index contributed by atoms with van der Waals surface area (Å²) < 4.78 is 65.9. The summed E-state index contributed by atoms with van der Waals surface area (Å²) >= 11 is 0. The van der Waals surface area contributed by atoms with Crippen LogP contribution in [0.3, 0.4) is 0 Å². The minimum absolute atomic E-state index is 0.164. The highest BCUT2D eigenvalue weighted by atomic mass is 28.4. The molecule has 0 saturated carbocycles. The van der Waals surface area contributed by atoms with Gasteiger partial charge in [-0.3, -0.25) is 0 Å². The van der Waals surface area contributed by atoms with E-state index in [2.05, 4.69) is 0 Å². The van der Waals surface area contributed by atoms with Gasteiger partial charge in [0, 0.05) is 0 Å². The Morgan fingerprint density at radius 2 is 1.58 bits per heavy atom. The minimum atomic E-state index is -5.46. The van der Waals surface area contributed by atoms with E-state index in [0.29, 0.717) is 0 Å². The molecule has 19 heavy (non-hydrogen) atoms. The molecule has 0 bridgehead atoms. The van der Waals surface area contributed by atoms with Crippen LogP contribution in [-0.2, 0) is 0 Å². The number of alkyl halides is 5. The number of benzene rings is 1. The Kier molecular flexibility index (Phi) is 4.41. The maximum absolute atomic E-state index is 14.3. The molecular weight excluding hydrogens is 283 g/mol. The summed E-state index contributed by atoms with van der Waals surface area (Å²) in [5.41, 5.74) is -1.03. The molecule has 0 spiro atoms. The second kappa shape index (κ2) is 5.20. The van der Waals surface area contributed by atoms with Crippen LogP contribution in [0.1, 0.15) is 13.8 Å². The van der Waals surface area contributed by atoms with Gasteiger partial charge in [-0.15, -0.1) is 0 Å². The van der Waals surface area contributed by atoms with Crippen molar-refractivity contribution in [3.05, 3.63) is 30.3 Å². The third-order valence-electron chi connectivity index (χ3n) is 3.29. The van der Waals surface area contributed by atoms with Crippen LogP contribution in [0.15, 0.2) is 30.3 Å². The van der Waals surface area contributed by atoms with Crippen molar-refractivity contribution in [1.29, 1.82) is 0 Å². The van der Waals surface area contributed by atoms with Crippen LogP contribution in [-0.4, -0.2) is 31.3 Å². The van der Waals surface area contributed by atoms with E-state index in [1.807, 2.05) is 0 Å². The van der Waals surface area contributed by atoms with Gasteiger partial charge < -0.3 is 4.80 Å². The van der Waals surface area contributed by atoms with Crippen LogP contribution < -0.4 is 5.19 Å². The van der Waals surface area contributed by atoms with E-state index >= 15 is 0 Å². The van der Waals surface area contributed by atoms with Crippen LogP contribution in [0.5, 0.6) is 0 Å². The number of halogens is 5. The molecule has 0 aliphatic rings. The van der Waals surface area contributed by atoms with Gasteiger partial charge in [0.2, 0.25) is 0 Å². The van der Waals surface area contributed by atoms with E-state index in [1.165, 1.54) is 44.2 Å². The van der Waals surface area contributed by atoms with E-state index in [-0.39, 0.29) is 5.19 Å². The fourth-order valence-electron chi connectivity index (χ4n) is 2.11. The molecule has 0 fully saturated rings. The molecular formula is C12H15F5OSi. The molecule has 0 aliphatic carbocycles. The zero-order chi connectivity index (χ0) is 14.9. The second-order valence-corrected chi connectivity index (χ2v) is 8.78. The molecule has 7 heteroatoms. The van der Waals surface area contributed by atoms with Crippen LogP contribution in [0.25, 0.3) is 0 Å². The summed E-state index contributed by atoms with van der Waals surface area (Å²) in [7, 11) is -4.76. The maximum atomic E-state index is 14.3. The van der Waals surface area contributed by atoms with E-state index < -0.39 is 32.0 Å². The lowest BCUT2D eigenvalue weighted by molar-refractivity contribution is -0.210. The van der Waals surface area contributed by atoms with Gasteiger partial charge in [0.1, 0.15) is 6.67 Å². The SMILES string of the molecule is CC(C)[Si](O)(c1ccccc1)C(F)(CF)C(F)(F)F. The minimum Gasteiger partial charge on any atom is -0.425 e. The average Bonchev–Trinajstić information content (AvgIpc) is 2.36. The highest BCUT2D eigenvalue weighted by molar-refractivity contribution is 6.89. The first-order valence-electron chi connectivity index (χ1n) is 5.70. The number of hydrogen-bond donors (Lipinski definition) is 1. The lowest BCUT2D eigenvalue weighted by Gasteiger charge is -2.41. The fourth-order valence-corrected chi connectivity index (χ4v) is 5.48. The molecule has 0 radical (unpaired) electrons. The topological polar surface area (TPSA) is 20.2 Å². The average molecular weight is 298 g/mol. The summed E-state index contributed by atoms with van der Waals surface area (Å²) in [4.78, 5) is 10.4.